The van der Waals surface area contributed by atoms with Crippen LogP contribution in [0.25, 0.3) is 0 Å². The van der Waals surface area contributed by atoms with E-state index < -0.39 is 0 Å². The van der Waals surface area contributed by atoms with Crippen LogP contribution in [0, 0.1) is 0 Å². The van der Waals surface area contributed by atoms with E-state index in [-0.39, 0.29) is 16.9 Å². The molecule has 0 heterocycles. The first-order chi connectivity index (χ1) is 9.95. The number of nitrogens with two attached hydrogens (primary N) is 1. The molecule has 0 spiro atoms. The lowest BCUT2D eigenvalue weighted by atomic mass is 10.1. The average molecular weight is 309 g/mol. The van der Waals surface area contributed by atoms with E-state index in [2.05, 4.69) is 17.1 Å². The Balaban J connectivity index is 2.53. The predicted molar refractivity (Wildman–Crippen MR) is 89.5 cm³/mol. The lowest BCUT2D eigenvalue weighted by Crippen LogP contribution is -2.35. The van der Waals surface area contributed by atoms with E-state index in [1.807, 2.05) is 19.2 Å². The molecule has 0 aliphatic carbocycles. The molecule has 3 N–H and O–H groups in total. The summed E-state index contributed by atoms with van der Waals surface area (Å²) in [6, 6.07) is 7.54. The van der Waals surface area contributed by atoms with Gasteiger partial charge in [-0.15, -0.1) is 0 Å². The van der Waals surface area contributed by atoms with E-state index in [1.165, 1.54) is 0 Å². The van der Waals surface area contributed by atoms with Crippen molar-refractivity contribution in [3.8, 4) is 0 Å². The molecule has 116 valence electrons. The molecule has 1 unspecified atom stereocenters. The van der Waals surface area contributed by atoms with Crippen molar-refractivity contribution >= 4 is 28.8 Å². The summed E-state index contributed by atoms with van der Waals surface area (Å²) < 4.78 is 5.10. The molecule has 1 rings (SSSR count). The zero-order chi connectivity index (χ0) is 15.8. The molecule has 21 heavy (non-hydrogen) atoms. The standard InChI is InChI=1S/C15H23N3O2S/c1-11(10-20-3)18(2)9-8-14(19)17-13-7-5-4-6-12(13)15(16)21/h4-7,11H,8-10H2,1-3H3,(H2,16,21)(H,17,19). The van der Waals surface area contributed by atoms with Crippen molar-refractivity contribution in [2.45, 2.75) is 19.4 Å². The number of ether oxygens (including phenoxy) is 1. The first-order valence-corrected chi connectivity index (χ1v) is 7.24. The van der Waals surface area contributed by atoms with Crippen LogP contribution in [0.5, 0.6) is 0 Å². The molecule has 0 aliphatic heterocycles. The van der Waals surface area contributed by atoms with Crippen molar-refractivity contribution in [3.63, 3.8) is 0 Å². The molecule has 6 heteroatoms. The molecule has 0 saturated carbocycles. The molecular weight excluding hydrogens is 286 g/mol. The maximum atomic E-state index is 12.0. The van der Waals surface area contributed by atoms with Crippen molar-refractivity contribution in [1.82, 2.24) is 4.90 Å². The van der Waals surface area contributed by atoms with E-state index in [0.29, 0.717) is 30.8 Å². The Kier molecular flexibility index (Phi) is 7.28. The maximum Gasteiger partial charge on any atom is 0.225 e. The number of hydrogen-bond donors (Lipinski definition) is 2. The summed E-state index contributed by atoms with van der Waals surface area (Å²) in [4.78, 5) is 14.4. The van der Waals surface area contributed by atoms with E-state index in [0.717, 1.165) is 0 Å². The number of anilines is 1. The third kappa shape index (κ3) is 5.79. The Labute approximate surface area is 131 Å². The summed E-state index contributed by atoms with van der Waals surface area (Å²) in [5.74, 6) is -0.0600. The maximum absolute atomic E-state index is 12.0. The second-order valence-corrected chi connectivity index (χ2v) is 5.43. The quantitative estimate of drug-likeness (QED) is 0.714. The smallest absolute Gasteiger partial charge is 0.225 e. The molecule has 0 saturated heterocycles. The molecule has 0 radical (unpaired) electrons. The highest BCUT2D eigenvalue weighted by Gasteiger charge is 2.12. The van der Waals surface area contributed by atoms with Gasteiger partial charge in [0.15, 0.2) is 0 Å². The minimum absolute atomic E-state index is 0.0600. The highest BCUT2D eigenvalue weighted by Crippen LogP contribution is 2.15. The van der Waals surface area contributed by atoms with Gasteiger partial charge in [0.25, 0.3) is 0 Å². The number of likely N-dealkylation sites (N-methyl/N-ethyl adjacent to an activating group) is 1. The number of para-hydroxylation sites is 1. The fraction of sp³-hybridized carbons (Fsp3) is 0.467. The molecule has 1 amide bonds. The van der Waals surface area contributed by atoms with Crippen LogP contribution in [0.3, 0.4) is 0 Å². The van der Waals surface area contributed by atoms with Crippen molar-refractivity contribution in [1.29, 1.82) is 0 Å². The van der Waals surface area contributed by atoms with Crippen molar-refractivity contribution in [3.05, 3.63) is 29.8 Å². The summed E-state index contributed by atoms with van der Waals surface area (Å²) in [6.07, 6.45) is 0.399. The first-order valence-electron chi connectivity index (χ1n) is 6.83. The first kappa shape index (κ1) is 17.6. The molecular formula is C15H23N3O2S. The molecule has 0 aromatic heterocycles. The lowest BCUT2D eigenvalue weighted by molar-refractivity contribution is -0.116. The molecule has 1 aromatic carbocycles. The fourth-order valence-electron chi connectivity index (χ4n) is 1.89. The number of methoxy groups -OCH3 is 1. The van der Waals surface area contributed by atoms with E-state index >= 15 is 0 Å². The van der Waals surface area contributed by atoms with Crippen LogP contribution in [0.2, 0.25) is 0 Å². The molecule has 1 aromatic rings. The van der Waals surface area contributed by atoms with Crippen molar-refractivity contribution < 1.29 is 9.53 Å². The summed E-state index contributed by atoms with van der Waals surface area (Å²) in [5.41, 5.74) is 6.98. The van der Waals surface area contributed by atoms with Crippen LogP contribution in [0.1, 0.15) is 18.9 Å². The Morgan fingerprint density at radius 1 is 1.48 bits per heavy atom. The fourth-order valence-corrected chi connectivity index (χ4v) is 2.06. The van der Waals surface area contributed by atoms with Crippen LogP contribution in [0.15, 0.2) is 24.3 Å². The Morgan fingerprint density at radius 2 is 2.14 bits per heavy atom. The zero-order valence-electron chi connectivity index (χ0n) is 12.8. The highest BCUT2D eigenvalue weighted by atomic mass is 32.1. The number of carbonyl (C=O) groups excluding carboxylic acids is 1. The second-order valence-electron chi connectivity index (χ2n) is 4.99. The number of carbonyl (C=O) groups is 1. The van der Waals surface area contributed by atoms with Gasteiger partial charge in [-0.3, -0.25) is 4.79 Å². The van der Waals surface area contributed by atoms with Crippen molar-refractivity contribution in [2.24, 2.45) is 5.73 Å². The normalized spacial score (nSPS) is 12.2. The van der Waals surface area contributed by atoms with Gasteiger partial charge in [0, 0.05) is 31.7 Å². The van der Waals surface area contributed by atoms with Gasteiger partial charge in [-0.1, -0.05) is 24.4 Å². The average Bonchev–Trinajstić information content (AvgIpc) is 2.45. The van der Waals surface area contributed by atoms with Crippen LogP contribution >= 0.6 is 12.2 Å². The van der Waals surface area contributed by atoms with Gasteiger partial charge < -0.3 is 20.7 Å². The molecule has 1 atom stereocenters. The van der Waals surface area contributed by atoms with Crippen LogP contribution in [0.4, 0.5) is 5.69 Å². The van der Waals surface area contributed by atoms with Gasteiger partial charge in [0.05, 0.1) is 12.3 Å². The number of rotatable bonds is 8. The molecule has 0 fully saturated rings. The monoisotopic (exact) mass is 309 g/mol. The molecule has 5 nitrogen and oxygen atoms in total. The summed E-state index contributed by atoms with van der Waals surface area (Å²) in [5, 5.41) is 2.85. The number of amides is 1. The summed E-state index contributed by atoms with van der Waals surface area (Å²) >= 11 is 4.98. The Bertz CT molecular complexity index is 494. The number of nitrogens with one attached hydrogen (secondary N) is 1. The summed E-state index contributed by atoms with van der Waals surface area (Å²) in [7, 11) is 3.64. The summed E-state index contributed by atoms with van der Waals surface area (Å²) in [6.45, 7) is 3.36. The largest absolute Gasteiger partial charge is 0.389 e. The third-order valence-corrected chi connectivity index (χ3v) is 3.54. The lowest BCUT2D eigenvalue weighted by Gasteiger charge is -2.23. The topological polar surface area (TPSA) is 67.6 Å². The van der Waals surface area contributed by atoms with Gasteiger partial charge in [-0.05, 0) is 26.1 Å². The SMILES string of the molecule is COCC(C)N(C)CCC(=O)Nc1ccccc1C(N)=S. The number of thiocarbonyl (C=S) groups is 1. The van der Waals surface area contributed by atoms with Gasteiger partial charge in [0.1, 0.15) is 4.99 Å². The number of nitrogens with zero attached hydrogens (tertiary/aromatic N) is 1. The number of benzene rings is 1. The van der Waals surface area contributed by atoms with Gasteiger partial charge in [-0.25, -0.2) is 0 Å². The van der Waals surface area contributed by atoms with E-state index in [9.17, 15) is 4.79 Å². The van der Waals surface area contributed by atoms with Gasteiger partial charge in [0.2, 0.25) is 5.91 Å². The van der Waals surface area contributed by atoms with Gasteiger partial charge in [-0.2, -0.15) is 0 Å². The van der Waals surface area contributed by atoms with Gasteiger partial charge >= 0.3 is 0 Å². The molecule has 0 aliphatic rings. The third-order valence-electron chi connectivity index (χ3n) is 3.32. The second kappa shape index (κ2) is 8.71. The van der Waals surface area contributed by atoms with Crippen LogP contribution < -0.4 is 11.1 Å². The Hall–Kier alpha value is -1.50. The van der Waals surface area contributed by atoms with E-state index in [4.69, 9.17) is 22.7 Å². The minimum Gasteiger partial charge on any atom is -0.389 e. The minimum atomic E-state index is -0.0600. The van der Waals surface area contributed by atoms with E-state index in [1.54, 1.807) is 19.2 Å². The highest BCUT2D eigenvalue weighted by molar-refractivity contribution is 7.80. The zero-order valence-corrected chi connectivity index (χ0v) is 13.6. The molecule has 0 bridgehead atoms. The predicted octanol–water partition coefficient (Wildman–Crippen LogP) is 1.62. The van der Waals surface area contributed by atoms with Crippen LogP contribution in [-0.2, 0) is 9.53 Å². The van der Waals surface area contributed by atoms with Crippen LogP contribution in [-0.4, -0.2) is 49.1 Å². The Morgan fingerprint density at radius 3 is 2.76 bits per heavy atom. The van der Waals surface area contributed by atoms with Crippen molar-refractivity contribution in [2.75, 3.05) is 32.6 Å². The number of hydrogen-bond acceptors (Lipinski definition) is 4.